The zero-order chi connectivity index (χ0) is 16.7. The summed E-state index contributed by atoms with van der Waals surface area (Å²) in [6.45, 7) is 5.82. The lowest BCUT2D eigenvalue weighted by Crippen LogP contribution is -2.42. The molecule has 0 unspecified atom stereocenters. The predicted octanol–water partition coefficient (Wildman–Crippen LogP) is 1.55. The minimum atomic E-state index is -0.160. The smallest absolute Gasteiger partial charge is 0.241 e. The number of aliphatic imine (C=N–C) groups is 1. The molecule has 0 spiro atoms. The topological polar surface area (TPSA) is 65.5 Å². The first kappa shape index (κ1) is 17.2. The van der Waals surface area contributed by atoms with E-state index in [1.54, 1.807) is 6.07 Å². The molecule has 1 aliphatic carbocycles. The number of carbonyl (C=O) groups is 1. The highest BCUT2D eigenvalue weighted by Crippen LogP contribution is 2.48. The highest BCUT2D eigenvalue weighted by molar-refractivity contribution is 5.84. The van der Waals surface area contributed by atoms with Crippen LogP contribution >= 0.6 is 0 Å². The van der Waals surface area contributed by atoms with E-state index in [9.17, 15) is 9.18 Å². The Balaban J connectivity index is 1.97. The number of benzene rings is 1. The van der Waals surface area contributed by atoms with E-state index >= 15 is 0 Å². The minimum Gasteiger partial charge on any atom is -0.357 e. The number of nitrogens with one attached hydrogen (secondary N) is 3. The Labute approximate surface area is 136 Å². The van der Waals surface area contributed by atoms with Gasteiger partial charge in [0, 0.05) is 25.0 Å². The average molecular weight is 320 g/mol. The molecule has 1 saturated carbocycles. The molecule has 0 aromatic heterocycles. The Hall–Kier alpha value is -2.11. The van der Waals surface area contributed by atoms with Gasteiger partial charge in [0.2, 0.25) is 5.91 Å². The van der Waals surface area contributed by atoms with E-state index in [1.807, 2.05) is 26.0 Å². The van der Waals surface area contributed by atoms with Crippen LogP contribution in [0, 0.1) is 5.82 Å². The molecule has 0 saturated heterocycles. The summed E-state index contributed by atoms with van der Waals surface area (Å²) in [6.07, 6.45) is 1.91. The summed E-state index contributed by atoms with van der Waals surface area (Å²) < 4.78 is 14.0. The fourth-order valence-electron chi connectivity index (χ4n) is 2.58. The van der Waals surface area contributed by atoms with Crippen LogP contribution in [0.4, 0.5) is 4.39 Å². The molecule has 1 aromatic carbocycles. The lowest BCUT2D eigenvalue weighted by Gasteiger charge is -2.19. The number of hydrogen-bond acceptors (Lipinski definition) is 2. The number of rotatable bonds is 7. The first-order chi connectivity index (χ1) is 11.1. The highest BCUT2D eigenvalue weighted by Gasteiger charge is 2.45. The van der Waals surface area contributed by atoms with Crippen molar-refractivity contribution in [2.75, 3.05) is 26.2 Å². The Morgan fingerprint density at radius 3 is 2.48 bits per heavy atom. The monoisotopic (exact) mass is 320 g/mol. The second kappa shape index (κ2) is 7.94. The molecule has 0 bridgehead atoms. The SMILES string of the molecule is CCNC(=O)CN=C(NCC)NCC1(c2ccccc2F)CC1. The van der Waals surface area contributed by atoms with E-state index in [4.69, 9.17) is 0 Å². The van der Waals surface area contributed by atoms with Crippen LogP contribution in [0.3, 0.4) is 0 Å². The van der Waals surface area contributed by atoms with Crippen LogP contribution in [0.5, 0.6) is 0 Å². The van der Waals surface area contributed by atoms with Crippen LogP contribution in [0.25, 0.3) is 0 Å². The molecule has 6 heteroatoms. The van der Waals surface area contributed by atoms with Gasteiger partial charge in [-0.1, -0.05) is 18.2 Å². The van der Waals surface area contributed by atoms with Gasteiger partial charge in [0.05, 0.1) is 0 Å². The van der Waals surface area contributed by atoms with Crippen LogP contribution in [0.15, 0.2) is 29.3 Å². The number of halogens is 1. The first-order valence-corrected chi connectivity index (χ1v) is 8.15. The van der Waals surface area contributed by atoms with E-state index < -0.39 is 0 Å². The summed E-state index contributed by atoms with van der Waals surface area (Å²) in [5.74, 6) is 0.317. The number of guanidine groups is 1. The zero-order valence-corrected chi connectivity index (χ0v) is 13.8. The summed E-state index contributed by atoms with van der Waals surface area (Å²) in [6, 6.07) is 6.93. The molecular weight excluding hydrogens is 295 g/mol. The fourth-order valence-corrected chi connectivity index (χ4v) is 2.58. The third kappa shape index (κ3) is 4.68. The normalized spacial score (nSPS) is 15.9. The maximum absolute atomic E-state index is 14.0. The number of carbonyl (C=O) groups excluding carboxylic acids is 1. The first-order valence-electron chi connectivity index (χ1n) is 8.15. The van der Waals surface area contributed by atoms with Gasteiger partial charge in [-0.05, 0) is 38.3 Å². The third-order valence-corrected chi connectivity index (χ3v) is 3.99. The van der Waals surface area contributed by atoms with Crippen molar-refractivity contribution in [2.24, 2.45) is 4.99 Å². The van der Waals surface area contributed by atoms with Crippen LogP contribution in [0.2, 0.25) is 0 Å². The maximum atomic E-state index is 14.0. The molecule has 1 aliphatic rings. The second-order valence-corrected chi connectivity index (χ2v) is 5.76. The molecular formula is C17H25FN4O. The van der Waals surface area contributed by atoms with E-state index in [0.29, 0.717) is 25.6 Å². The second-order valence-electron chi connectivity index (χ2n) is 5.76. The Bertz CT molecular complexity index is 569. The van der Waals surface area contributed by atoms with E-state index in [2.05, 4.69) is 20.9 Å². The third-order valence-electron chi connectivity index (χ3n) is 3.99. The molecule has 0 atom stereocenters. The van der Waals surface area contributed by atoms with Crippen LogP contribution in [0.1, 0.15) is 32.3 Å². The minimum absolute atomic E-state index is 0.0792. The number of nitrogens with zero attached hydrogens (tertiary/aromatic N) is 1. The molecule has 1 amide bonds. The molecule has 23 heavy (non-hydrogen) atoms. The van der Waals surface area contributed by atoms with Crippen molar-refractivity contribution in [3.8, 4) is 0 Å². The molecule has 3 N–H and O–H groups in total. The molecule has 5 nitrogen and oxygen atoms in total. The Morgan fingerprint density at radius 1 is 1.17 bits per heavy atom. The summed E-state index contributed by atoms with van der Waals surface area (Å²) in [5, 5.41) is 9.06. The van der Waals surface area contributed by atoms with Crippen molar-refractivity contribution in [3.63, 3.8) is 0 Å². The summed E-state index contributed by atoms with van der Waals surface area (Å²) >= 11 is 0. The molecule has 2 rings (SSSR count). The quantitative estimate of drug-likeness (QED) is 0.527. The summed E-state index contributed by atoms with van der Waals surface area (Å²) in [7, 11) is 0. The number of likely N-dealkylation sites (N-methyl/N-ethyl adjacent to an activating group) is 1. The predicted molar refractivity (Wildman–Crippen MR) is 90.0 cm³/mol. The van der Waals surface area contributed by atoms with Gasteiger partial charge in [-0.3, -0.25) is 4.79 Å². The summed E-state index contributed by atoms with van der Waals surface area (Å²) in [4.78, 5) is 15.8. The molecule has 0 heterocycles. The Kier molecular flexibility index (Phi) is 5.96. The van der Waals surface area contributed by atoms with Gasteiger partial charge in [-0.25, -0.2) is 9.38 Å². The van der Waals surface area contributed by atoms with Gasteiger partial charge in [-0.2, -0.15) is 0 Å². The molecule has 0 radical (unpaired) electrons. The van der Waals surface area contributed by atoms with Crippen molar-refractivity contribution >= 4 is 11.9 Å². The van der Waals surface area contributed by atoms with Gasteiger partial charge in [0.25, 0.3) is 0 Å². The van der Waals surface area contributed by atoms with Crippen molar-refractivity contribution in [1.82, 2.24) is 16.0 Å². The highest BCUT2D eigenvalue weighted by atomic mass is 19.1. The molecule has 126 valence electrons. The van der Waals surface area contributed by atoms with Gasteiger partial charge >= 0.3 is 0 Å². The van der Waals surface area contributed by atoms with Crippen LogP contribution < -0.4 is 16.0 Å². The average Bonchev–Trinajstić information content (AvgIpc) is 3.32. The lowest BCUT2D eigenvalue weighted by atomic mass is 9.95. The zero-order valence-electron chi connectivity index (χ0n) is 13.8. The van der Waals surface area contributed by atoms with Crippen LogP contribution in [-0.4, -0.2) is 38.0 Å². The molecule has 1 aromatic rings. The number of amides is 1. The van der Waals surface area contributed by atoms with Crippen molar-refractivity contribution in [1.29, 1.82) is 0 Å². The van der Waals surface area contributed by atoms with Gasteiger partial charge in [0.1, 0.15) is 12.4 Å². The summed E-state index contributed by atoms with van der Waals surface area (Å²) in [5.41, 5.74) is 0.597. The molecule has 0 aliphatic heterocycles. The van der Waals surface area contributed by atoms with Crippen molar-refractivity contribution < 1.29 is 9.18 Å². The Morgan fingerprint density at radius 2 is 1.87 bits per heavy atom. The van der Waals surface area contributed by atoms with E-state index in [1.165, 1.54) is 6.07 Å². The maximum Gasteiger partial charge on any atom is 0.241 e. The number of hydrogen-bond donors (Lipinski definition) is 3. The van der Waals surface area contributed by atoms with Gasteiger partial charge < -0.3 is 16.0 Å². The van der Waals surface area contributed by atoms with E-state index in [-0.39, 0.29) is 23.7 Å². The van der Waals surface area contributed by atoms with Gasteiger partial charge in [-0.15, -0.1) is 0 Å². The standard InChI is InChI=1S/C17H25FN4O/c1-3-19-15(23)11-21-16(20-4-2)22-12-17(9-10-17)13-7-5-6-8-14(13)18/h5-8H,3-4,9-12H2,1-2H3,(H,19,23)(H2,20,21,22). The fraction of sp³-hybridized carbons (Fsp3) is 0.529. The molecule has 1 fully saturated rings. The lowest BCUT2D eigenvalue weighted by molar-refractivity contribution is -0.119. The van der Waals surface area contributed by atoms with E-state index in [0.717, 1.165) is 18.4 Å². The van der Waals surface area contributed by atoms with Crippen LogP contribution in [-0.2, 0) is 10.2 Å². The van der Waals surface area contributed by atoms with Crippen molar-refractivity contribution in [3.05, 3.63) is 35.6 Å². The van der Waals surface area contributed by atoms with Crippen molar-refractivity contribution in [2.45, 2.75) is 32.1 Å². The largest absolute Gasteiger partial charge is 0.357 e. The van der Waals surface area contributed by atoms with Gasteiger partial charge in [0.15, 0.2) is 5.96 Å².